The van der Waals surface area contributed by atoms with Gasteiger partial charge in [0.25, 0.3) is 0 Å². The molecule has 0 saturated carbocycles. The van der Waals surface area contributed by atoms with Crippen LogP contribution < -0.4 is 10.1 Å². The highest BCUT2D eigenvalue weighted by Crippen LogP contribution is 2.21. The summed E-state index contributed by atoms with van der Waals surface area (Å²) in [4.78, 5) is 0. The van der Waals surface area contributed by atoms with E-state index in [0.29, 0.717) is 13.2 Å². The van der Waals surface area contributed by atoms with E-state index < -0.39 is 17.4 Å². The van der Waals surface area contributed by atoms with Crippen molar-refractivity contribution in [1.82, 2.24) is 5.32 Å². The first-order valence-electron chi connectivity index (χ1n) is 4.99. The summed E-state index contributed by atoms with van der Waals surface area (Å²) < 4.78 is 36.5. The lowest BCUT2D eigenvalue weighted by Gasteiger charge is -2.33. The highest BCUT2D eigenvalue weighted by Gasteiger charge is 2.30. The molecule has 3 nitrogen and oxygen atoms in total. The average Bonchev–Trinajstić information content (AvgIpc) is 2.15. The van der Waals surface area contributed by atoms with Crippen LogP contribution in [-0.2, 0) is 4.74 Å². The fourth-order valence-corrected chi connectivity index (χ4v) is 1.56. The quantitative estimate of drug-likeness (QED) is 0.771. The monoisotopic (exact) mass is 228 g/mol. The summed E-state index contributed by atoms with van der Waals surface area (Å²) in [5, 5.41) is 4.22. The number of hydrogen-bond donors (Lipinski definition) is 0. The second-order valence-corrected chi connectivity index (χ2v) is 3.82. The van der Waals surface area contributed by atoms with E-state index in [2.05, 4.69) is 5.32 Å². The van der Waals surface area contributed by atoms with E-state index in [1.165, 1.54) is 0 Å². The SMILES string of the molecule is CC1(Oc2cc(F)cc(F)c2)COCC[N]1. The van der Waals surface area contributed by atoms with Gasteiger partial charge in [0, 0.05) is 24.7 Å². The molecule has 0 amide bonds. The summed E-state index contributed by atoms with van der Waals surface area (Å²) in [7, 11) is 0. The van der Waals surface area contributed by atoms with E-state index in [1.54, 1.807) is 6.92 Å². The number of benzene rings is 1. The molecule has 1 unspecified atom stereocenters. The maximum absolute atomic E-state index is 12.9. The summed E-state index contributed by atoms with van der Waals surface area (Å²) in [6, 6.07) is 3.04. The Kier molecular flexibility index (Phi) is 3.07. The van der Waals surface area contributed by atoms with Crippen LogP contribution in [0.2, 0.25) is 0 Å². The van der Waals surface area contributed by atoms with Gasteiger partial charge in [-0.15, -0.1) is 0 Å². The van der Waals surface area contributed by atoms with Crippen molar-refractivity contribution < 1.29 is 18.3 Å². The maximum Gasteiger partial charge on any atom is 0.196 e. The first kappa shape index (κ1) is 11.3. The van der Waals surface area contributed by atoms with Gasteiger partial charge < -0.3 is 9.47 Å². The summed E-state index contributed by atoms with van der Waals surface area (Å²) in [6.07, 6.45) is 0. The molecule has 5 heteroatoms. The van der Waals surface area contributed by atoms with E-state index in [-0.39, 0.29) is 12.4 Å². The Labute approximate surface area is 92.4 Å². The molecule has 0 aromatic heterocycles. The van der Waals surface area contributed by atoms with Crippen molar-refractivity contribution in [3.05, 3.63) is 29.8 Å². The van der Waals surface area contributed by atoms with Gasteiger partial charge in [-0.05, 0) is 6.92 Å². The Morgan fingerprint density at radius 3 is 2.56 bits per heavy atom. The molecule has 16 heavy (non-hydrogen) atoms. The third-order valence-corrected chi connectivity index (χ3v) is 2.23. The lowest BCUT2D eigenvalue weighted by molar-refractivity contribution is -0.0735. The minimum atomic E-state index is -0.863. The molecule has 0 N–H and O–H groups in total. The summed E-state index contributed by atoms with van der Waals surface area (Å²) in [5.41, 5.74) is -0.863. The van der Waals surface area contributed by atoms with Gasteiger partial charge >= 0.3 is 0 Å². The van der Waals surface area contributed by atoms with Crippen LogP contribution in [0, 0.1) is 11.6 Å². The van der Waals surface area contributed by atoms with E-state index >= 15 is 0 Å². The fourth-order valence-electron chi connectivity index (χ4n) is 1.56. The van der Waals surface area contributed by atoms with Crippen molar-refractivity contribution in [2.75, 3.05) is 19.8 Å². The van der Waals surface area contributed by atoms with Gasteiger partial charge in [-0.2, -0.15) is 5.32 Å². The zero-order valence-electron chi connectivity index (χ0n) is 8.87. The van der Waals surface area contributed by atoms with Crippen molar-refractivity contribution in [2.24, 2.45) is 0 Å². The second kappa shape index (κ2) is 4.35. The number of halogens is 2. The van der Waals surface area contributed by atoms with E-state index in [9.17, 15) is 8.78 Å². The highest BCUT2D eigenvalue weighted by atomic mass is 19.1. The second-order valence-electron chi connectivity index (χ2n) is 3.82. The van der Waals surface area contributed by atoms with Gasteiger partial charge in [0.15, 0.2) is 5.72 Å². The molecule has 1 atom stereocenters. The molecular weight excluding hydrogens is 216 g/mol. The first-order chi connectivity index (χ1) is 7.57. The van der Waals surface area contributed by atoms with Crippen molar-refractivity contribution in [2.45, 2.75) is 12.6 Å². The van der Waals surface area contributed by atoms with Crippen LogP contribution >= 0.6 is 0 Å². The largest absolute Gasteiger partial charge is 0.469 e. The zero-order chi connectivity index (χ0) is 11.6. The molecular formula is C11H12F2NO2. The van der Waals surface area contributed by atoms with Crippen molar-refractivity contribution in [3.8, 4) is 5.75 Å². The molecule has 0 bridgehead atoms. The number of morpholine rings is 1. The Bertz CT molecular complexity index is 358. The average molecular weight is 228 g/mol. The van der Waals surface area contributed by atoms with Crippen LogP contribution in [0.5, 0.6) is 5.75 Å². The van der Waals surface area contributed by atoms with Gasteiger partial charge in [0.1, 0.15) is 24.0 Å². The Hall–Kier alpha value is -1.20. The molecule has 2 rings (SSSR count). The molecule has 1 aliphatic heterocycles. The van der Waals surface area contributed by atoms with Gasteiger partial charge in [-0.25, -0.2) is 8.78 Å². The lowest BCUT2D eigenvalue weighted by atomic mass is 10.2. The third kappa shape index (κ3) is 2.68. The molecule has 87 valence electrons. The van der Waals surface area contributed by atoms with Gasteiger partial charge in [0.05, 0.1) is 6.61 Å². The van der Waals surface area contributed by atoms with Crippen LogP contribution in [-0.4, -0.2) is 25.5 Å². The molecule has 1 aromatic carbocycles. The smallest absolute Gasteiger partial charge is 0.196 e. The van der Waals surface area contributed by atoms with Gasteiger partial charge in [-0.3, -0.25) is 0 Å². The summed E-state index contributed by atoms with van der Waals surface area (Å²) in [6.45, 7) is 3.07. The zero-order valence-corrected chi connectivity index (χ0v) is 8.87. The summed E-state index contributed by atoms with van der Waals surface area (Å²) in [5.74, 6) is -1.22. The molecule has 1 fully saturated rings. The molecule has 0 aliphatic carbocycles. The predicted octanol–water partition coefficient (Wildman–Crippen LogP) is 1.69. The minimum Gasteiger partial charge on any atom is -0.469 e. The molecule has 1 saturated heterocycles. The van der Waals surface area contributed by atoms with Gasteiger partial charge in [-0.1, -0.05) is 0 Å². The highest BCUT2D eigenvalue weighted by molar-refractivity contribution is 5.24. The molecule has 1 aliphatic rings. The van der Waals surface area contributed by atoms with E-state index in [1.807, 2.05) is 0 Å². The van der Waals surface area contributed by atoms with E-state index in [4.69, 9.17) is 9.47 Å². The number of nitrogens with zero attached hydrogens (tertiary/aromatic N) is 1. The molecule has 1 radical (unpaired) electrons. The number of rotatable bonds is 2. The Morgan fingerprint density at radius 1 is 1.31 bits per heavy atom. The van der Waals surface area contributed by atoms with Gasteiger partial charge in [0.2, 0.25) is 0 Å². The van der Waals surface area contributed by atoms with E-state index in [0.717, 1.165) is 18.2 Å². The number of hydrogen-bond acceptors (Lipinski definition) is 2. The summed E-state index contributed by atoms with van der Waals surface area (Å²) >= 11 is 0. The maximum atomic E-state index is 12.9. The fraction of sp³-hybridized carbons (Fsp3) is 0.455. The molecule has 1 heterocycles. The third-order valence-electron chi connectivity index (χ3n) is 2.23. The van der Waals surface area contributed by atoms with Crippen LogP contribution in [0.15, 0.2) is 18.2 Å². The normalized spacial score (nSPS) is 25.4. The predicted molar refractivity (Wildman–Crippen MR) is 53.2 cm³/mol. The van der Waals surface area contributed by atoms with Crippen molar-refractivity contribution in [3.63, 3.8) is 0 Å². The Morgan fingerprint density at radius 2 is 2.00 bits per heavy atom. The number of ether oxygens (including phenoxy) is 2. The van der Waals surface area contributed by atoms with Crippen LogP contribution in [0.1, 0.15) is 6.92 Å². The first-order valence-corrected chi connectivity index (χ1v) is 4.99. The minimum absolute atomic E-state index is 0.120. The van der Waals surface area contributed by atoms with Crippen molar-refractivity contribution in [1.29, 1.82) is 0 Å². The van der Waals surface area contributed by atoms with Crippen LogP contribution in [0.25, 0.3) is 0 Å². The standard InChI is InChI=1S/C11H12F2NO2/c1-11(7-15-3-2-14-11)16-10-5-8(12)4-9(13)6-10/h4-6H,2-3,7H2,1H3. The lowest BCUT2D eigenvalue weighted by Crippen LogP contribution is -2.51. The molecule has 1 aromatic rings. The molecule has 0 spiro atoms. The topological polar surface area (TPSA) is 32.6 Å². The Balaban J connectivity index is 2.13. The van der Waals surface area contributed by atoms with Crippen molar-refractivity contribution >= 4 is 0 Å². The van der Waals surface area contributed by atoms with Crippen LogP contribution in [0.4, 0.5) is 8.78 Å². The van der Waals surface area contributed by atoms with Crippen LogP contribution in [0.3, 0.4) is 0 Å².